The molecule has 2 aliphatic rings. The summed E-state index contributed by atoms with van der Waals surface area (Å²) in [6.07, 6.45) is 5.81. The van der Waals surface area contributed by atoms with Gasteiger partial charge in [0.25, 0.3) is 0 Å². The van der Waals surface area contributed by atoms with Crippen LogP contribution < -0.4 is 11.1 Å². The Kier molecular flexibility index (Phi) is 4.63. The lowest BCUT2D eigenvalue weighted by Crippen LogP contribution is -2.56. The van der Waals surface area contributed by atoms with Crippen molar-refractivity contribution in [2.75, 3.05) is 11.5 Å². The molecule has 1 saturated carbocycles. The number of hydrogen-bond donors (Lipinski definition) is 2. The first-order valence-electron chi connectivity index (χ1n) is 7.52. The van der Waals surface area contributed by atoms with Crippen LogP contribution in [0.2, 0.25) is 0 Å². The normalized spacial score (nSPS) is 31.3. The van der Waals surface area contributed by atoms with Crippen molar-refractivity contribution in [2.24, 2.45) is 11.1 Å². The molecule has 1 heterocycles. The molecule has 0 radical (unpaired) electrons. The molecule has 2 fully saturated rings. The highest BCUT2D eigenvalue weighted by atomic mass is 32.2. The van der Waals surface area contributed by atoms with Crippen LogP contribution >= 0.6 is 12.2 Å². The lowest BCUT2D eigenvalue weighted by Gasteiger charge is -2.34. The highest BCUT2D eigenvalue weighted by molar-refractivity contribution is 7.91. The quantitative estimate of drug-likeness (QED) is 0.601. The van der Waals surface area contributed by atoms with Gasteiger partial charge in [-0.15, -0.1) is 0 Å². The zero-order valence-corrected chi connectivity index (χ0v) is 14.1. The molecule has 21 heavy (non-hydrogen) atoms. The van der Waals surface area contributed by atoms with Gasteiger partial charge < -0.3 is 11.1 Å². The van der Waals surface area contributed by atoms with Gasteiger partial charge in [0.1, 0.15) is 0 Å². The highest BCUT2D eigenvalue weighted by Gasteiger charge is 2.46. The molecule has 3 N–H and O–H groups in total. The van der Waals surface area contributed by atoms with Crippen molar-refractivity contribution in [1.82, 2.24) is 5.32 Å². The number of amides is 1. The summed E-state index contributed by atoms with van der Waals surface area (Å²) < 4.78 is 23.3. The molecule has 120 valence electrons. The molecule has 2 rings (SSSR count). The van der Waals surface area contributed by atoms with Gasteiger partial charge in [-0.25, -0.2) is 8.42 Å². The van der Waals surface area contributed by atoms with Crippen molar-refractivity contribution < 1.29 is 13.2 Å². The summed E-state index contributed by atoms with van der Waals surface area (Å²) in [6, 6.07) is 0. The first-order chi connectivity index (χ1) is 9.69. The second-order valence-electron chi connectivity index (χ2n) is 6.72. The number of hydrogen-bond acceptors (Lipinski definition) is 4. The molecule has 1 aliphatic heterocycles. The molecule has 1 amide bonds. The van der Waals surface area contributed by atoms with E-state index in [0.717, 1.165) is 25.7 Å². The highest BCUT2D eigenvalue weighted by Crippen LogP contribution is 2.37. The van der Waals surface area contributed by atoms with Gasteiger partial charge in [-0.2, -0.15) is 0 Å². The van der Waals surface area contributed by atoms with Crippen LogP contribution in [0.1, 0.15) is 51.9 Å². The number of carbonyl (C=O) groups excluding carboxylic acids is 1. The summed E-state index contributed by atoms with van der Waals surface area (Å²) in [7, 11) is -3.06. The Morgan fingerprint density at radius 2 is 1.71 bits per heavy atom. The van der Waals surface area contributed by atoms with Crippen LogP contribution in [0.15, 0.2) is 0 Å². The van der Waals surface area contributed by atoms with Gasteiger partial charge >= 0.3 is 0 Å². The average Bonchev–Trinajstić information content (AvgIpc) is 2.57. The fourth-order valence-corrected chi connectivity index (χ4v) is 5.81. The van der Waals surface area contributed by atoms with Crippen LogP contribution in [-0.4, -0.2) is 36.4 Å². The number of nitrogens with two attached hydrogens (primary N) is 1. The van der Waals surface area contributed by atoms with E-state index >= 15 is 0 Å². The monoisotopic (exact) mass is 332 g/mol. The third-order valence-corrected chi connectivity index (χ3v) is 7.08. The Hall–Kier alpha value is -0.690. The van der Waals surface area contributed by atoms with E-state index in [1.165, 1.54) is 0 Å². The first kappa shape index (κ1) is 16.7. The molecule has 0 bridgehead atoms. The topological polar surface area (TPSA) is 89.3 Å². The summed E-state index contributed by atoms with van der Waals surface area (Å²) in [4.78, 5) is 13.1. The molecule has 0 aromatic carbocycles. The van der Waals surface area contributed by atoms with Crippen molar-refractivity contribution in [3.63, 3.8) is 0 Å². The van der Waals surface area contributed by atoms with E-state index in [9.17, 15) is 13.2 Å². The van der Waals surface area contributed by atoms with Gasteiger partial charge in [-0.3, -0.25) is 4.79 Å². The van der Waals surface area contributed by atoms with E-state index in [1.54, 1.807) is 6.92 Å². The molecule has 0 aromatic rings. The fraction of sp³-hybridized carbons (Fsp3) is 0.857. The van der Waals surface area contributed by atoms with Gasteiger partial charge in [0.15, 0.2) is 9.84 Å². The minimum absolute atomic E-state index is 0.000840. The van der Waals surface area contributed by atoms with Crippen LogP contribution in [0.5, 0.6) is 0 Å². The fourth-order valence-electron chi connectivity index (χ4n) is 3.42. The van der Waals surface area contributed by atoms with E-state index in [2.05, 4.69) is 5.32 Å². The van der Waals surface area contributed by atoms with Crippen LogP contribution in [-0.2, 0) is 14.6 Å². The van der Waals surface area contributed by atoms with Gasteiger partial charge in [0.2, 0.25) is 5.91 Å². The minimum atomic E-state index is -3.06. The van der Waals surface area contributed by atoms with Crippen LogP contribution in [0, 0.1) is 5.41 Å². The number of rotatable bonds is 3. The molecule has 1 saturated heterocycles. The van der Waals surface area contributed by atoms with Gasteiger partial charge in [-0.1, -0.05) is 37.9 Å². The Bertz CT molecular complexity index is 536. The Labute approximate surface area is 132 Å². The molecular weight excluding hydrogens is 308 g/mol. The standard InChI is InChI=1S/C14H24N2O3S2/c1-13(8-9-21(18,19)10-13)16-12(17)14(11(15)20)6-4-2-3-5-7-14/h2-10H2,1H3,(H2,15,20)(H,16,17). The maximum Gasteiger partial charge on any atom is 0.233 e. The molecule has 1 unspecified atom stereocenters. The summed E-state index contributed by atoms with van der Waals surface area (Å²) in [5.41, 5.74) is 4.40. The van der Waals surface area contributed by atoms with E-state index in [0.29, 0.717) is 19.3 Å². The smallest absolute Gasteiger partial charge is 0.233 e. The van der Waals surface area contributed by atoms with Crippen LogP contribution in [0.3, 0.4) is 0 Å². The van der Waals surface area contributed by atoms with Crippen LogP contribution in [0.4, 0.5) is 0 Å². The lowest BCUT2D eigenvalue weighted by atomic mass is 9.78. The second-order valence-corrected chi connectivity index (χ2v) is 9.34. The van der Waals surface area contributed by atoms with Crippen molar-refractivity contribution in [2.45, 2.75) is 57.4 Å². The van der Waals surface area contributed by atoms with E-state index < -0.39 is 20.8 Å². The number of nitrogens with one attached hydrogen (secondary N) is 1. The summed E-state index contributed by atoms with van der Waals surface area (Å²) in [5.74, 6) is -0.0558. The predicted molar refractivity (Wildman–Crippen MR) is 86.7 cm³/mol. The number of carbonyl (C=O) groups is 1. The third kappa shape index (κ3) is 3.56. The number of sulfone groups is 1. The zero-order chi connectivity index (χ0) is 15.7. The minimum Gasteiger partial charge on any atom is -0.392 e. The van der Waals surface area contributed by atoms with E-state index in [1.807, 2.05) is 0 Å². The summed E-state index contributed by atoms with van der Waals surface area (Å²) in [5, 5.41) is 2.94. The zero-order valence-electron chi connectivity index (χ0n) is 12.5. The van der Waals surface area contributed by atoms with Crippen molar-refractivity contribution in [1.29, 1.82) is 0 Å². The maximum absolute atomic E-state index is 12.8. The number of thiocarbonyl (C=S) groups is 1. The molecule has 1 atom stereocenters. The van der Waals surface area contributed by atoms with E-state index in [4.69, 9.17) is 18.0 Å². The van der Waals surface area contributed by atoms with Crippen molar-refractivity contribution in [3.05, 3.63) is 0 Å². The molecule has 0 aromatic heterocycles. The average molecular weight is 332 g/mol. The third-order valence-electron chi connectivity index (χ3n) is 4.78. The summed E-state index contributed by atoms with van der Waals surface area (Å²) in [6.45, 7) is 1.79. The van der Waals surface area contributed by atoms with Crippen molar-refractivity contribution >= 4 is 33.0 Å². The Balaban J connectivity index is 2.18. The molecule has 1 aliphatic carbocycles. The van der Waals surface area contributed by atoms with Crippen LogP contribution in [0.25, 0.3) is 0 Å². The Morgan fingerprint density at radius 1 is 1.14 bits per heavy atom. The first-order valence-corrected chi connectivity index (χ1v) is 9.75. The second kappa shape index (κ2) is 5.83. The van der Waals surface area contributed by atoms with Gasteiger partial charge in [-0.05, 0) is 26.2 Å². The molecule has 0 spiro atoms. The Morgan fingerprint density at radius 3 is 2.14 bits per heavy atom. The maximum atomic E-state index is 12.8. The van der Waals surface area contributed by atoms with Gasteiger partial charge in [0.05, 0.1) is 27.4 Å². The molecular formula is C14H24N2O3S2. The largest absolute Gasteiger partial charge is 0.392 e. The SMILES string of the molecule is CC1(NC(=O)C2(C(N)=S)CCCCCC2)CCS(=O)(=O)C1. The predicted octanol–water partition coefficient (Wildman–Crippen LogP) is 1.31. The molecule has 5 nitrogen and oxygen atoms in total. The van der Waals surface area contributed by atoms with Gasteiger partial charge in [0, 0.05) is 0 Å². The molecule has 7 heteroatoms. The summed E-state index contributed by atoms with van der Waals surface area (Å²) >= 11 is 5.19. The lowest BCUT2D eigenvalue weighted by molar-refractivity contribution is -0.129. The van der Waals surface area contributed by atoms with E-state index in [-0.39, 0.29) is 22.4 Å². The van der Waals surface area contributed by atoms with Crippen molar-refractivity contribution in [3.8, 4) is 0 Å².